The van der Waals surface area contributed by atoms with Gasteiger partial charge in [-0.05, 0) is 25.2 Å². The molecule has 2 amide bonds. The third-order valence-electron chi connectivity index (χ3n) is 3.80. The lowest BCUT2D eigenvalue weighted by Gasteiger charge is -2.20. The van der Waals surface area contributed by atoms with Gasteiger partial charge in [-0.1, -0.05) is 13.8 Å². The molecule has 2 rings (SSSR count). The molecular formula is C14H24N2O3. The molecule has 19 heavy (non-hydrogen) atoms. The predicted octanol–water partition coefficient (Wildman–Crippen LogP) is 0.929. The fraction of sp³-hybridized carbons (Fsp3) is 0.857. The molecule has 0 aromatic heterocycles. The molecule has 0 radical (unpaired) electrons. The Morgan fingerprint density at radius 3 is 2.89 bits per heavy atom. The van der Waals surface area contributed by atoms with Crippen molar-refractivity contribution in [3.63, 3.8) is 0 Å². The smallest absolute Gasteiger partial charge is 0.245 e. The zero-order valence-electron chi connectivity index (χ0n) is 11.9. The van der Waals surface area contributed by atoms with Crippen molar-refractivity contribution in [3.8, 4) is 0 Å². The first-order chi connectivity index (χ1) is 9.06. The Balaban J connectivity index is 1.72. The first kappa shape index (κ1) is 14.3. The molecule has 2 atom stereocenters. The molecule has 5 heteroatoms. The number of nitrogens with zero attached hydrogens (tertiary/aromatic N) is 1. The van der Waals surface area contributed by atoms with Crippen LogP contribution in [0.1, 0.15) is 39.5 Å². The Hall–Kier alpha value is -1.10. The van der Waals surface area contributed by atoms with E-state index in [4.69, 9.17) is 4.74 Å². The summed E-state index contributed by atoms with van der Waals surface area (Å²) in [4.78, 5) is 25.1. The molecule has 0 unspecified atom stereocenters. The van der Waals surface area contributed by atoms with Crippen LogP contribution < -0.4 is 5.32 Å². The van der Waals surface area contributed by atoms with Gasteiger partial charge in [0.2, 0.25) is 11.8 Å². The van der Waals surface area contributed by atoms with Crippen LogP contribution in [0.3, 0.4) is 0 Å². The average molecular weight is 268 g/mol. The highest BCUT2D eigenvalue weighted by atomic mass is 16.5. The van der Waals surface area contributed by atoms with Gasteiger partial charge in [-0.3, -0.25) is 9.59 Å². The van der Waals surface area contributed by atoms with Crippen LogP contribution in [0.25, 0.3) is 0 Å². The van der Waals surface area contributed by atoms with Gasteiger partial charge in [-0.15, -0.1) is 0 Å². The van der Waals surface area contributed by atoms with E-state index >= 15 is 0 Å². The molecule has 2 saturated heterocycles. The number of ether oxygens (including phenoxy) is 1. The summed E-state index contributed by atoms with van der Waals surface area (Å²) in [6, 6.07) is -0.304. The standard InChI is InChI=1S/C14H24N2O3/c1-10(2)6-8-19-11-5-7-16(9-11)14(18)12-3-4-13(17)15-12/h10-12H,3-9H2,1-2H3,(H,15,17)/t11-,12+/m0/s1. The Morgan fingerprint density at radius 1 is 1.47 bits per heavy atom. The van der Waals surface area contributed by atoms with E-state index < -0.39 is 0 Å². The molecule has 2 aliphatic heterocycles. The van der Waals surface area contributed by atoms with E-state index in [1.807, 2.05) is 4.90 Å². The summed E-state index contributed by atoms with van der Waals surface area (Å²) in [7, 11) is 0. The summed E-state index contributed by atoms with van der Waals surface area (Å²) < 4.78 is 5.80. The maximum Gasteiger partial charge on any atom is 0.245 e. The van der Waals surface area contributed by atoms with Crippen LogP contribution in [0.4, 0.5) is 0 Å². The van der Waals surface area contributed by atoms with Crippen molar-refractivity contribution < 1.29 is 14.3 Å². The summed E-state index contributed by atoms with van der Waals surface area (Å²) in [5.74, 6) is 0.691. The van der Waals surface area contributed by atoms with E-state index in [2.05, 4.69) is 19.2 Å². The topological polar surface area (TPSA) is 58.6 Å². The van der Waals surface area contributed by atoms with Crippen molar-refractivity contribution in [1.29, 1.82) is 0 Å². The quantitative estimate of drug-likeness (QED) is 0.807. The maximum absolute atomic E-state index is 12.2. The van der Waals surface area contributed by atoms with Crippen molar-refractivity contribution in [2.75, 3.05) is 19.7 Å². The summed E-state index contributed by atoms with van der Waals surface area (Å²) in [6.07, 6.45) is 3.24. The Morgan fingerprint density at radius 2 is 2.26 bits per heavy atom. The number of likely N-dealkylation sites (tertiary alicyclic amines) is 1. The third-order valence-corrected chi connectivity index (χ3v) is 3.80. The van der Waals surface area contributed by atoms with E-state index in [1.165, 1.54) is 0 Å². The van der Waals surface area contributed by atoms with Gasteiger partial charge in [0.25, 0.3) is 0 Å². The number of hydrogen-bond donors (Lipinski definition) is 1. The number of rotatable bonds is 5. The van der Waals surface area contributed by atoms with E-state index in [0.717, 1.165) is 26.0 Å². The average Bonchev–Trinajstić information content (AvgIpc) is 2.97. The van der Waals surface area contributed by atoms with Gasteiger partial charge in [0.15, 0.2) is 0 Å². The molecular weight excluding hydrogens is 244 g/mol. The van der Waals surface area contributed by atoms with Crippen molar-refractivity contribution in [2.45, 2.75) is 51.7 Å². The van der Waals surface area contributed by atoms with E-state index in [9.17, 15) is 9.59 Å². The lowest BCUT2D eigenvalue weighted by Crippen LogP contribution is -2.43. The van der Waals surface area contributed by atoms with Crippen molar-refractivity contribution in [3.05, 3.63) is 0 Å². The largest absolute Gasteiger partial charge is 0.376 e. The van der Waals surface area contributed by atoms with Crippen molar-refractivity contribution in [1.82, 2.24) is 10.2 Å². The first-order valence-electron chi connectivity index (χ1n) is 7.26. The van der Waals surface area contributed by atoms with Gasteiger partial charge in [0.05, 0.1) is 6.10 Å². The van der Waals surface area contributed by atoms with Gasteiger partial charge < -0.3 is 15.0 Å². The number of nitrogens with one attached hydrogen (secondary N) is 1. The fourth-order valence-electron chi connectivity index (χ4n) is 2.55. The molecule has 0 saturated carbocycles. The van der Waals surface area contributed by atoms with Crippen LogP contribution in [0.15, 0.2) is 0 Å². The van der Waals surface area contributed by atoms with Gasteiger partial charge in [0.1, 0.15) is 6.04 Å². The van der Waals surface area contributed by atoms with Crippen molar-refractivity contribution in [2.24, 2.45) is 5.92 Å². The Labute approximate surface area is 114 Å². The normalized spacial score (nSPS) is 27.1. The molecule has 0 aliphatic carbocycles. The number of carbonyl (C=O) groups is 2. The Bertz CT molecular complexity index is 344. The number of amides is 2. The minimum Gasteiger partial charge on any atom is -0.376 e. The SMILES string of the molecule is CC(C)CCO[C@H]1CCN(C(=O)[C@H]2CCC(=O)N2)C1. The van der Waals surface area contributed by atoms with Gasteiger partial charge >= 0.3 is 0 Å². The second-order valence-corrected chi connectivity index (χ2v) is 5.91. The highest BCUT2D eigenvalue weighted by molar-refractivity contribution is 5.90. The molecule has 2 aliphatic rings. The van der Waals surface area contributed by atoms with E-state index in [0.29, 0.717) is 25.3 Å². The van der Waals surface area contributed by atoms with E-state index in [1.54, 1.807) is 0 Å². The van der Waals surface area contributed by atoms with Gasteiger partial charge in [-0.2, -0.15) is 0 Å². The second-order valence-electron chi connectivity index (χ2n) is 5.91. The van der Waals surface area contributed by atoms with Crippen LogP contribution in [0, 0.1) is 5.92 Å². The predicted molar refractivity (Wildman–Crippen MR) is 71.6 cm³/mol. The summed E-state index contributed by atoms with van der Waals surface area (Å²) in [6.45, 7) is 6.54. The lowest BCUT2D eigenvalue weighted by atomic mass is 10.1. The molecule has 0 aromatic carbocycles. The monoisotopic (exact) mass is 268 g/mol. The summed E-state index contributed by atoms with van der Waals surface area (Å²) in [5, 5.41) is 2.73. The Kier molecular flexibility index (Phi) is 4.80. The highest BCUT2D eigenvalue weighted by Gasteiger charge is 2.34. The second kappa shape index (κ2) is 6.37. The number of hydrogen-bond acceptors (Lipinski definition) is 3. The van der Waals surface area contributed by atoms with Crippen LogP contribution in [0.5, 0.6) is 0 Å². The van der Waals surface area contributed by atoms with Crippen LogP contribution in [0.2, 0.25) is 0 Å². The molecule has 2 fully saturated rings. The van der Waals surface area contributed by atoms with Crippen LogP contribution >= 0.6 is 0 Å². The van der Waals surface area contributed by atoms with Gasteiger partial charge in [-0.25, -0.2) is 0 Å². The molecule has 0 spiro atoms. The third kappa shape index (κ3) is 3.93. The van der Waals surface area contributed by atoms with Crippen molar-refractivity contribution >= 4 is 11.8 Å². The lowest BCUT2D eigenvalue weighted by molar-refractivity contribution is -0.133. The molecule has 5 nitrogen and oxygen atoms in total. The zero-order valence-corrected chi connectivity index (χ0v) is 11.9. The molecule has 108 valence electrons. The minimum absolute atomic E-state index is 0.0118. The fourth-order valence-corrected chi connectivity index (χ4v) is 2.55. The zero-order chi connectivity index (χ0) is 13.8. The first-order valence-corrected chi connectivity index (χ1v) is 7.26. The van der Waals surface area contributed by atoms with Crippen LogP contribution in [-0.2, 0) is 14.3 Å². The van der Waals surface area contributed by atoms with Gasteiger partial charge in [0, 0.05) is 26.1 Å². The highest BCUT2D eigenvalue weighted by Crippen LogP contribution is 2.17. The molecule has 0 aromatic rings. The molecule has 1 N–H and O–H groups in total. The number of carbonyl (C=O) groups excluding carboxylic acids is 2. The van der Waals surface area contributed by atoms with Crippen LogP contribution in [-0.4, -0.2) is 48.6 Å². The summed E-state index contributed by atoms with van der Waals surface area (Å²) >= 11 is 0. The molecule has 0 bridgehead atoms. The van der Waals surface area contributed by atoms with E-state index in [-0.39, 0.29) is 24.0 Å². The molecule has 2 heterocycles. The maximum atomic E-state index is 12.2. The summed E-state index contributed by atoms with van der Waals surface area (Å²) in [5.41, 5.74) is 0. The minimum atomic E-state index is -0.304.